The molecule has 0 N–H and O–H groups in total. The molecule has 1 heterocycles. The van der Waals surface area contributed by atoms with Crippen LogP contribution < -0.4 is 10.3 Å². The summed E-state index contributed by atoms with van der Waals surface area (Å²) in [6.45, 7) is 0. The molecular weight excluding hydrogens is 623 g/mol. The van der Waals surface area contributed by atoms with Crippen LogP contribution in [0.2, 0.25) is 0 Å². The molecule has 0 fully saturated rings. The molecule has 150 valence electrons. The molecule has 1 aromatic heterocycles. The number of aromatic nitrogens is 2. The quantitative estimate of drug-likeness (QED) is 0.234. The molecule has 3 aromatic carbocycles. The van der Waals surface area contributed by atoms with Crippen molar-refractivity contribution in [1.29, 1.82) is 0 Å². The van der Waals surface area contributed by atoms with Crippen LogP contribution in [0.25, 0.3) is 28.7 Å². The van der Waals surface area contributed by atoms with Crippen LogP contribution in [0, 0.1) is 3.57 Å². The molecule has 0 radical (unpaired) electrons. The molecule has 0 atom stereocenters. The van der Waals surface area contributed by atoms with Crippen molar-refractivity contribution in [3.8, 4) is 11.4 Å². The first-order valence-electron chi connectivity index (χ1n) is 8.96. The molecule has 0 unspecified atom stereocenters. The summed E-state index contributed by atoms with van der Waals surface area (Å²) in [7, 11) is 1.64. The topological polar surface area (TPSA) is 44.1 Å². The lowest BCUT2D eigenvalue weighted by Gasteiger charge is -2.13. The molecule has 0 aliphatic carbocycles. The second-order valence-electron chi connectivity index (χ2n) is 6.47. The fraction of sp³-hybridized carbons (Fsp3) is 0.0435. The van der Waals surface area contributed by atoms with E-state index >= 15 is 0 Å². The van der Waals surface area contributed by atoms with E-state index in [9.17, 15) is 4.79 Å². The van der Waals surface area contributed by atoms with E-state index in [1.807, 2.05) is 72.8 Å². The largest absolute Gasteiger partial charge is 0.497 e. The van der Waals surface area contributed by atoms with E-state index in [0.717, 1.165) is 29.5 Å². The fourth-order valence-electron chi connectivity index (χ4n) is 3.06. The average molecular weight is 638 g/mol. The van der Waals surface area contributed by atoms with Gasteiger partial charge in [0.1, 0.15) is 11.6 Å². The summed E-state index contributed by atoms with van der Waals surface area (Å²) < 4.78 is 9.51. The highest BCUT2D eigenvalue weighted by atomic mass is 127. The van der Waals surface area contributed by atoms with Crippen LogP contribution in [0.15, 0.2) is 74.4 Å². The van der Waals surface area contributed by atoms with E-state index in [1.165, 1.54) is 0 Å². The Morgan fingerprint density at radius 2 is 1.77 bits per heavy atom. The molecular formula is C23H15Br2IN2O2. The molecule has 0 amide bonds. The Balaban J connectivity index is 1.94. The molecule has 0 saturated carbocycles. The predicted octanol–water partition coefficient (Wildman–Crippen LogP) is 6.69. The predicted molar refractivity (Wildman–Crippen MR) is 137 cm³/mol. The van der Waals surface area contributed by atoms with Crippen molar-refractivity contribution in [2.45, 2.75) is 0 Å². The molecule has 0 saturated heterocycles. The van der Waals surface area contributed by atoms with Gasteiger partial charge in [-0.15, -0.1) is 0 Å². The maximum absolute atomic E-state index is 13.5. The Hall–Kier alpha value is -1.97. The Bertz CT molecular complexity index is 1330. The van der Waals surface area contributed by atoms with Gasteiger partial charge in [-0.2, -0.15) is 0 Å². The third-order valence-corrected chi connectivity index (χ3v) is 6.38. The normalized spacial score (nSPS) is 11.3. The molecule has 0 spiro atoms. The van der Waals surface area contributed by atoms with Gasteiger partial charge in [-0.05, 0) is 98.7 Å². The minimum Gasteiger partial charge on any atom is -0.497 e. The second kappa shape index (κ2) is 9.03. The summed E-state index contributed by atoms with van der Waals surface area (Å²) in [6, 6.07) is 19.1. The van der Waals surface area contributed by atoms with Gasteiger partial charge in [0.15, 0.2) is 0 Å². The number of rotatable bonds is 4. The average Bonchev–Trinajstić information content (AvgIpc) is 2.75. The van der Waals surface area contributed by atoms with E-state index in [4.69, 9.17) is 9.72 Å². The highest BCUT2D eigenvalue weighted by Gasteiger charge is 2.14. The first kappa shape index (κ1) is 21.3. The van der Waals surface area contributed by atoms with Gasteiger partial charge in [-0.25, -0.2) is 4.98 Å². The third-order valence-electron chi connectivity index (χ3n) is 4.55. The number of hydrogen-bond donors (Lipinski definition) is 0. The Kier molecular flexibility index (Phi) is 6.40. The molecule has 0 aliphatic heterocycles. The lowest BCUT2D eigenvalue weighted by atomic mass is 10.2. The number of ether oxygens (including phenoxy) is 1. The summed E-state index contributed by atoms with van der Waals surface area (Å²) in [6.07, 6.45) is 3.79. The zero-order valence-corrected chi connectivity index (χ0v) is 21.1. The third kappa shape index (κ3) is 4.38. The van der Waals surface area contributed by atoms with Crippen LogP contribution in [0.5, 0.6) is 5.75 Å². The van der Waals surface area contributed by atoms with Gasteiger partial charge in [-0.1, -0.05) is 34.1 Å². The maximum Gasteiger partial charge on any atom is 0.266 e. The molecule has 30 heavy (non-hydrogen) atoms. The van der Waals surface area contributed by atoms with Crippen LogP contribution in [-0.4, -0.2) is 16.7 Å². The van der Waals surface area contributed by atoms with Gasteiger partial charge in [0, 0.05) is 12.5 Å². The van der Waals surface area contributed by atoms with E-state index in [-0.39, 0.29) is 5.56 Å². The van der Waals surface area contributed by atoms with Gasteiger partial charge >= 0.3 is 0 Å². The van der Waals surface area contributed by atoms with Gasteiger partial charge in [0.05, 0.1) is 23.7 Å². The van der Waals surface area contributed by atoms with Gasteiger partial charge in [-0.3, -0.25) is 9.36 Å². The highest BCUT2D eigenvalue weighted by Crippen LogP contribution is 2.26. The van der Waals surface area contributed by atoms with Crippen molar-refractivity contribution >= 4 is 77.5 Å². The smallest absolute Gasteiger partial charge is 0.266 e. The molecule has 0 bridgehead atoms. The Labute approximate surface area is 204 Å². The summed E-state index contributed by atoms with van der Waals surface area (Å²) in [5.74, 6) is 1.34. The molecule has 4 rings (SSSR count). The standard InChI is InChI=1S/C23H15Br2IN2O2/c1-30-17-7-2-14(3-8-17)4-11-22-27-20-10-6-16(26)13-18(20)23(29)28(22)21-12-15(24)5-9-19(21)25/h2-13H,1H3/b11-4+. The number of hydrogen-bond acceptors (Lipinski definition) is 3. The van der Waals surface area contributed by atoms with Gasteiger partial charge in [0.2, 0.25) is 0 Å². The van der Waals surface area contributed by atoms with E-state index in [2.05, 4.69) is 54.5 Å². The van der Waals surface area contributed by atoms with E-state index < -0.39 is 0 Å². The lowest BCUT2D eigenvalue weighted by Crippen LogP contribution is -2.22. The first-order chi connectivity index (χ1) is 14.5. The highest BCUT2D eigenvalue weighted by molar-refractivity contribution is 14.1. The van der Waals surface area contributed by atoms with Crippen molar-refractivity contribution in [2.75, 3.05) is 7.11 Å². The Morgan fingerprint density at radius 1 is 1.00 bits per heavy atom. The van der Waals surface area contributed by atoms with Crippen LogP contribution >= 0.6 is 54.5 Å². The molecule has 7 heteroatoms. The summed E-state index contributed by atoms with van der Waals surface area (Å²) in [4.78, 5) is 18.3. The summed E-state index contributed by atoms with van der Waals surface area (Å²) in [5.41, 5.74) is 2.24. The van der Waals surface area contributed by atoms with Crippen molar-refractivity contribution in [1.82, 2.24) is 9.55 Å². The van der Waals surface area contributed by atoms with Crippen molar-refractivity contribution in [3.63, 3.8) is 0 Å². The summed E-state index contributed by atoms with van der Waals surface area (Å²) in [5, 5.41) is 0.579. The minimum atomic E-state index is -0.119. The van der Waals surface area contributed by atoms with Crippen LogP contribution in [0.1, 0.15) is 11.4 Å². The zero-order valence-electron chi connectivity index (χ0n) is 15.8. The SMILES string of the molecule is COc1ccc(/C=C/c2nc3ccc(I)cc3c(=O)n2-c2cc(Br)ccc2Br)cc1. The van der Waals surface area contributed by atoms with Crippen molar-refractivity contribution in [2.24, 2.45) is 0 Å². The lowest BCUT2D eigenvalue weighted by molar-refractivity contribution is 0.415. The van der Waals surface area contributed by atoms with E-state index in [1.54, 1.807) is 11.7 Å². The fourth-order valence-corrected chi connectivity index (χ4v) is 4.33. The van der Waals surface area contributed by atoms with E-state index in [0.29, 0.717) is 16.7 Å². The monoisotopic (exact) mass is 636 g/mol. The maximum atomic E-state index is 13.5. The molecule has 0 aliphatic rings. The number of nitrogens with zero attached hydrogens (tertiary/aromatic N) is 2. The van der Waals surface area contributed by atoms with Crippen molar-refractivity contribution in [3.05, 3.63) is 94.9 Å². The minimum absolute atomic E-state index is 0.119. The van der Waals surface area contributed by atoms with Gasteiger partial charge in [0.25, 0.3) is 5.56 Å². The number of fused-ring (bicyclic) bond motifs is 1. The second-order valence-corrected chi connectivity index (χ2v) is 9.49. The van der Waals surface area contributed by atoms with Crippen molar-refractivity contribution < 1.29 is 4.74 Å². The number of halogens is 3. The van der Waals surface area contributed by atoms with Crippen LogP contribution in [-0.2, 0) is 0 Å². The van der Waals surface area contributed by atoms with Crippen LogP contribution in [0.3, 0.4) is 0 Å². The zero-order chi connectivity index (χ0) is 21.3. The number of benzene rings is 3. The summed E-state index contributed by atoms with van der Waals surface area (Å²) >= 11 is 9.29. The Morgan fingerprint density at radius 3 is 2.50 bits per heavy atom. The number of methoxy groups -OCH3 is 1. The molecule has 4 nitrogen and oxygen atoms in total. The van der Waals surface area contributed by atoms with Crippen LogP contribution in [0.4, 0.5) is 0 Å². The van der Waals surface area contributed by atoms with Gasteiger partial charge < -0.3 is 4.74 Å². The molecule has 4 aromatic rings. The first-order valence-corrected chi connectivity index (χ1v) is 11.6.